The monoisotopic (exact) mass is 668 g/mol. The number of nitrogens with one attached hydrogen (secondary N) is 1. The quantitative estimate of drug-likeness (QED) is 0.201. The lowest BCUT2D eigenvalue weighted by molar-refractivity contribution is -0.445. The van der Waals surface area contributed by atoms with E-state index in [1.54, 1.807) is 6.92 Å². The van der Waals surface area contributed by atoms with E-state index in [-0.39, 0.29) is 29.2 Å². The van der Waals surface area contributed by atoms with Gasteiger partial charge in [-0.2, -0.15) is 75.5 Å². The lowest BCUT2D eigenvalue weighted by atomic mass is 9.86. The lowest BCUT2D eigenvalue weighted by Gasteiger charge is -2.42. The predicted octanol–water partition coefficient (Wildman–Crippen LogP) is 8.35. The van der Waals surface area contributed by atoms with Gasteiger partial charge in [0.15, 0.2) is 0 Å². The number of hydrogen-bond acceptors (Lipinski definition) is 3. The number of nitriles is 1. The average molecular weight is 669 g/mol. The molecule has 1 aromatic rings. The van der Waals surface area contributed by atoms with Crippen LogP contribution in [0.3, 0.4) is 0 Å². The van der Waals surface area contributed by atoms with Gasteiger partial charge in [-0.15, -0.1) is 11.3 Å². The second kappa shape index (κ2) is 10.2. The molecule has 2 rings (SSSR count). The first-order valence-electron chi connectivity index (χ1n) is 10.7. The van der Waals surface area contributed by atoms with Crippen molar-refractivity contribution in [2.24, 2.45) is 5.92 Å². The number of nitrogens with zero attached hydrogens (tertiary/aromatic N) is 1. The minimum absolute atomic E-state index is 0.0196. The SMILES string of the molecule is CCC1CCc2c(sc(NC(=O)C(F)(F)C(F)(F)C(F)(F)C(F)(F)C(F)(F)C(F)(F)C(F)(F)C(F)(F)Cl)c2C#N)C1. The Bertz CT molecular complexity index is 1220. The van der Waals surface area contributed by atoms with Crippen molar-refractivity contribution in [2.75, 3.05) is 5.32 Å². The molecule has 1 aliphatic rings. The van der Waals surface area contributed by atoms with Gasteiger partial charge in [0.25, 0.3) is 0 Å². The number of amides is 1. The first-order chi connectivity index (χ1) is 18.1. The normalized spacial score (nSPS) is 18.1. The lowest BCUT2D eigenvalue weighted by Crippen LogP contribution is -2.75. The largest absolute Gasteiger partial charge is 0.393 e. The highest BCUT2D eigenvalue weighted by Gasteiger charge is 2.95. The van der Waals surface area contributed by atoms with E-state index in [4.69, 9.17) is 0 Å². The minimum Gasteiger partial charge on any atom is -0.311 e. The van der Waals surface area contributed by atoms with Gasteiger partial charge in [0.2, 0.25) is 0 Å². The Kier molecular flexibility index (Phi) is 8.74. The predicted molar refractivity (Wildman–Crippen MR) is 109 cm³/mol. The fourth-order valence-electron chi connectivity index (χ4n) is 3.70. The number of anilines is 1. The number of halogens is 17. The summed E-state index contributed by atoms with van der Waals surface area (Å²) in [5.41, 5.74) is -0.470. The minimum atomic E-state index is -8.67. The summed E-state index contributed by atoms with van der Waals surface area (Å²) < 4.78 is 218. The molecule has 0 radical (unpaired) electrons. The van der Waals surface area contributed by atoms with E-state index >= 15 is 0 Å². The van der Waals surface area contributed by atoms with E-state index in [1.807, 2.05) is 0 Å². The molecule has 0 spiro atoms. The molecule has 0 saturated carbocycles. The number of carbonyl (C=O) groups excluding carboxylic acids is 1. The number of rotatable bonds is 10. The molecular formula is C20H13ClF16N2OS. The Morgan fingerprint density at radius 2 is 1.29 bits per heavy atom. The number of fused-ring (bicyclic) bond motifs is 1. The average Bonchev–Trinajstić information content (AvgIpc) is 3.18. The molecule has 1 unspecified atom stereocenters. The Morgan fingerprint density at radius 1 is 0.854 bits per heavy atom. The van der Waals surface area contributed by atoms with Crippen molar-refractivity contribution in [3.63, 3.8) is 0 Å². The van der Waals surface area contributed by atoms with Crippen LogP contribution in [0.15, 0.2) is 0 Å². The Labute approximate surface area is 227 Å². The van der Waals surface area contributed by atoms with Gasteiger partial charge >= 0.3 is 52.7 Å². The van der Waals surface area contributed by atoms with Gasteiger partial charge < -0.3 is 5.32 Å². The molecular weight excluding hydrogens is 656 g/mol. The highest BCUT2D eigenvalue weighted by atomic mass is 35.5. The van der Waals surface area contributed by atoms with Crippen molar-refractivity contribution in [1.82, 2.24) is 0 Å². The van der Waals surface area contributed by atoms with E-state index in [1.165, 1.54) is 6.07 Å². The molecule has 3 nitrogen and oxygen atoms in total. The zero-order valence-corrected chi connectivity index (χ0v) is 21.2. The Hall–Kier alpha value is -2.17. The van der Waals surface area contributed by atoms with Gasteiger partial charge in [0.05, 0.1) is 5.56 Å². The second-order valence-electron chi connectivity index (χ2n) is 8.81. The van der Waals surface area contributed by atoms with Crippen LogP contribution in [-0.2, 0) is 17.6 Å². The van der Waals surface area contributed by atoms with E-state index in [0.29, 0.717) is 24.2 Å². The van der Waals surface area contributed by atoms with Crippen molar-refractivity contribution in [2.45, 2.75) is 79.4 Å². The van der Waals surface area contributed by atoms with Gasteiger partial charge in [0.1, 0.15) is 11.1 Å². The summed E-state index contributed by atoms with van der Waals surface area (Å²) in [6.07, 6.45) is 1.31. The zero-order chi connectivity index (χ0) is 32.4. The molecule has 0 fully saturated rings. The molecule has 0 saturated heterocycles. The highest BCUT2D eigenvalue weighted by Crippen LogP contribution is 2.64. The topological polar surface area (TPSA) is 52.9 Å². The summed E-state index contributed by atoms with van der Waals surface area (Å²) in [5, 5.41) is 2.32. The van der Waals surface area contributed by atoms with Gasteiger partial charge in [-0.3, -0.25) is 4.79 Å². The van der Waals surface area contributed by atoms with E-state index in [2.05, 4.69) is 11.6 Å². The van der Waals surface area contributed by atoms with Crippen molar-refractivity contribution in [3.8, 4) is 6.07 Å². The van der Waals surface area contributed by atoms with Crippen LogP contribution in [0.4, 0.5) is 75.2 Å². The van der Waals surface area contributed by atoms with Crippen LogP contribution < -0.4 is 5.32 Å². The molecule has 234 valence electrons. The number of alkyl halides is 17. The summed E-state index contributed by atoms with van der Waals surface area (Å²) in [6.45, 7) is 1.75. The van der Waals surface area contributed by atoms with Crippen LogP contribution in [-0.4, -0.2) is 52.7 Å². The first kappa shape index (κ1) is 35.0. The number of thiophene rings is 1. The summed E-state index contributed by atoms with van der Waals surface area (Å²) in [7, 11) is 0. The highest BCUT2D eigenvalue weighted by molar-refractivity contribution is 7.16. The van der Waals surface area contributed by atoms with Crippen LogP contribution in [0.2, 0.25) is 0 Å². The van der Waals surface area contributed by atoms with E-state index in [9.17, 15) is 80.3 Å². The molecule has 41 heavy (non-hydrogen) atoms. The van der Waals surface area contributed by atoms with Crippen LogP contribution in [0.25, 0.3) is 0 Å². The fourth-order valence-corrected chi connectivity index (χ4v) is 5.12. The zero-order valence-electron chi connectivity index (χ0n) is 19.6. The first-order valence-corrected chi connectivity index (χ1v) is 11.9. The molecule has 21 heteroatoms. The number of hydrogen-bond donors (Lipinski definition) is 1. The van der Waals surface area contributed by atoms with E-state index in [0.717, 1.165) is 5.32 Å². The molecule has 0 bridgehead atoms. The van der Waals surface area contributed by atoms with Gasteiger partial charge in [-0.1, -0.05) is 13.3 Å². The van der Waals surface area contributed by atoms with Crippen LogP contribution in [0.1, 0.15) is 35.8 Å². The van der Waals surface area contributed by atoms with Gasteiger partial charge in [-0.05, 0) is 42.3 Å². The summed E-state index contributed by atoms with van der Waals surface area (Å²) >= 11 is 3.80. The van der Waals surface area contributed by atoms with Gasteiger partial charge in [0, 0.05) is 4.88 Å². The van der Waals surface area contributed by atoms with Crippen LogP contribution in [0, 0.1) is 17.2 Å². The maximum atomic E-state index is 14.3. The van der Waals surface area contributed by atoms with E-state index < -0.39 is 63.3 Å². The van der Waals surface area contributed by atoms with Crippen LogP contribution >= 0.6 is 22.9 Å². The van der Waals surface area contributed by atoms with Crippen molar-refractivity contribution >= 4 is 33.8 Å². The molecule has 0 aromatic carbocycles. The molecule has 1 N–H and O–H groups in total. The standard InChI is InChI=1S/C20H13ClF16N2OS/c1-2-7-3-4-8-9(6-38)11(41-10(8)5-7)39-12(40)13(22,23)14(24,25)15(26,27)16(28,29)17(30,31)18(32,33)19(34,35)20(21,36)37/h7H,2-5H2,1H3,(H,39,40). The Morgan fingerprint density at radius 3 is 1.71 bits per heavy atom. The third-order valence-corrected chi connectivity index (χ3v) is 7.70. The summed E-state index contributed by atoms with van der Waals surface area (Å²) in [4.78, 5) is 12.2. The molecule has 1 atom stereocenters. The third-order valence-electron chi connectivity index (χ3n) is 6.29. The maximum Gasteiger partial charge on any atom is 0.393 e. The van der Waals surface area contributed by atoms with Crippen molar-refractivity contribution < 1.29 is 75.0 Å². The third kappa shape index (κ3) is 4.87. The fraction of sp³-hybridized carbons (Fsp3) is 0.700. The van der Waals surface area contributed by atoms with Gasteiger partial charge in [-0.25, -0.2) is 0 Å². The molecule has 0 aliphatic heterocycles. The smallest absolute Gasteiger partial charge is 0.311 e. The number of carbonyl (C=O) groups is 1. The van der Waals surface area contributed by atoms with Crippen molar-refractivity contribution in [1.29, 1.82) is 5.26 Å². The maximum absolute atomic E-state index is 14.3. The second-order valence-corrected chi connectivity index (χ2v) is 10.4. The molecule has 1 heterocycles. The Balaban J connectivity index is 2.53. The van der Waals surface area contributed by atoms with Crippen molar-refractivity contribution in [3.05, 3.63) is 16.0 Å². The van der Waals surface area contributed by atoms with Crippen LogP contribution in [0.5, 0.6) is 0 Å². The molecule has 1 amide bonds. The molecule has 1 aliphatic carbocycles. The molecule has 1 aromatic heterocycles. The summed E-state index contributed by atoms with van der Waals surface area (Å²) in [6, 6.07) is 1.42. The summed E-state index contributed by atoms with van der Waals surface area (Å²) in [5.74, 6) is -60.9.